The van der Waals surface area contributed by atoms with Crippen LogP contribution < -0.4 is 14.8 Å². The van der Waals surface area contributed by atoms with Crippen molar-refractivity contribution in [3.8, 4) is 11.5 Å². The fraction of sp³-hybridized carbons (Fsp3) is 0.467. The molecule has 0 radical (unpaired) electrons. The van der Waals surface area contributed by atoms with Gasteiger partial charge in [-0.2, -0.15) is 8.78 Å². The van der Waals surface area contributed by atoms with Crippen LogP contribution in [0.15, 0.2) is 24.3 Å². The van der Waals surface area contributed by atoms with Gasteiger partial charge in [-0.05, 0) is 24.6 Å². The first kappa shape index (κ1) is 17.4. The number of hydrogen-bond acceptors (Lipinski definition) is 4. The van der Waals surface area contributed by atoms with Crippen LogP contribution in [0.1, 0.15) is 12.5 Å². The zero-order chi connectivity index (χ0) is 15.5. The van der Waals surface area contributed by atoms with E-state index in [-0.39, 0.29) is 5.75 Å². The summed E-state index contributed by atoms with van der Waals surface area (Å²) in [5.41, 5.74) is 0.855. The molecule has 0 heterocycles. The van der Waals surface area contributed by atoms with Gasteiger partial charge >= 0.3 is 6.61 Å². The number of rotatable bonds is 10. The molecule has 0 unspecified atom stereocenters. The maximum absolute atomic E-state index is 12.3. The fourth-order valence-electron chi connectivity index (χ4n) is 1.64. The molecule has 0 aliphatic heterocycles. The Morgan fingerprint density at radius 2 is 2.10 bits per heavy atom. The standard InChI is InChI=1S/C15H21F2NO3/c1-3-20-14-11-12(5-4-8-18-9-10-19-2)6-7-13(14)21-15(16)17/h4-7,11,15,18H,3,8-10H2,1-2H3. The Morgan fingerprint density at radius 1 is 1.29 bits per heavy atom. The van der Waals surface area contributed by atoms with Gasteiger partial charge in [0.25, 0.3) is 0 Å². The Morgan fingerprint density at radius 3 is 2.76 bits per heavy atom. The van der Waals surface area contributed by atoms with E-state index in [1.165, 1.54) is 6.07 Å². The number of benzene rings is 1. The van der Waals surface area contributed by atoms with E-state index < -0.39 is 6.61 Å². The summed E-state index contributed by atoms with van der Waals surface area (Å²) in [6.45, 7) is 1.42. The highest BCUT2D eigenvalue weighted by Crippen LogP contribution is 2.30. The second kappa shape index (κ2) is 10.1. The van der Waals surface area contributed by atoms with Crippen molar-refractivity contribution in [2.45, 2.75) is 13.5 Å². The normalized spacial score (nSPS) is 11.3. The number of halogens is 2. The van der Waals surface area contributed by atoms with Crippen molar-refractivity contribution < 1.29 is 23.0 Å². The van der Waals surface area contributed by atoms with E-state index >= 15 is 0 Å². The molecule has 6 heteroatoms. The number of alkyl halides is 2. The van der Waals surface area contributed by atoms with Gasteiger partial charge in [0.2, 0.25) is 0 Å². The first-order chi connectivity index (χ1) is 10.2. The predicted octanol–water partition coefficient (Wildman–Crippen LogP) is 2.94. The van der Waals surface area contributed by atoms with Crippen molar-refractivity contribution in [2.24, 2.45) is 0 Å². The van der Waals surface area contributed by atoms with E-state index in [1.807, 2.05) is 12.2 Å². The Hall–Kier alpha value is -1.66. The highest BCUT2D eigenvalue weighted by molar-refractivity contribution is 5.56. The van der Waals surface area contributed by atoms with Crippen molar-refractivity contribution >= 4 is 6.08 Å². The van der Waals surface area contributed by atoms with Gasteiger partial charge in [0, 0.05) is 20.2 Å². The summed E-state index contributed by atoms with van der Waals surface area (Å²) in [5.74, 6) is 0.356. The quantitative estimate of drug-likeness (QED) is 0.675. The Bertz CT molecular complexity index is 439. The molecular weight excluding hydrogens is 280 g/mol. The van der Waals surface area contributed by atoms with Gasteiger partial charge in [-0.1, -0.05) is 18.2 Å². The highest BCUT2D eigenvalue weighted by atomic mass is 19.3. The molecule has 0 bridgehead atoms. The average molecular weight is 301 g/mol. The van der Waals surface area contributed by atoms with E-state index in [1.54, 1.807) is 26.2 Å². The van der Waals surface area contributed by atoms with Gasteiger partial charge in [-0.25, -0.2) is 0 Å². The summed E-state index contributed by atoms with van der Waals surface area (Å²) >= 11 is 0. The zero-order valence-electron chi connectivity index (χ0n) is 12.3. The van der Waals surface area contributed by atoms with Gasteiger partial charge in [0.15, 0.2) is 11.5 Å². The molecule has 0 spiro atoms. The first-order valence-corrected chi connectivity index (χ1v) is 6.75. The predicted molar refractivity (Wildman–Crippen MR) is 78.0 cm³/mol. The Balaban J connectivity index is 2.62. The second-order valence-corrected chi connectivity index (χ2v) is 4.12. The van der Waals surface area contributed by atoms with E-state index in [4.69, 9.17) is 9.47 Å². The minimum atomic E-state index is -2.87. The molecular formula is C15H21F2NO3. The van der Waals surface area contributed by atoms with Crippen LogP contribution in [0.25, 0.3) is 6.08 Å². The average Bonchev–Trinajstić information content (AvgIpc) is 2.45. The summed E-state index contributed by atoms with van der Waals surface area (Å²) < 4.78 is 39.2. The van der Waals surface area contributed by atoms with Crippen molar-refractivity contribution in [3.05, 3.63) is 29.8 Å². The molecule has 1 aromatic rings. The van der Waals surface area contributed by atoms with Crippen LogP contribution >= 0.6 is 0 Å². The summed E-state index contributed by atoms with van der Waals surface area (Å²) in [5, 5.41) is 3.17. The van der Waals surface area contributed by atoms with Gasteiger partial charge in [0.05, 0.1) is 13.2 Å². The fourth-order valence-corrected chi connectivity index (χ4v) is 1.64. The SMILES string of the molecule is CCOc1cc(C=CCNCCOC)ccc1OC(F)F. The molecule has 0 aliphatic rings. The maximum Gasteiger partial charge on any atom is 0.387 e. The molecule has 0 amide bonds. The monoisotopic (exact) mass is 301 g/mol. The summed E-state index contributed by atoms with van der Waals surface area (Å²) in [6.07, 6.45) is 3.82. The summed E-state index contributed by atoms with van der Waals surface area (Å²) in [6, 6.07) is 4.86. The Labute approximate surface area is 123 Å². The minimum Gasteiger partial charge on any atom is -0.490 e. The lowest BCUT2D eigenvalue weighted by molar-refractivity contribution is -0.0514. The third-order valence-electron chi connectivity index (χ3n) is 2.54. The molecule has 4 nitrogen and oxygen atoms in total. The lowest BCUT2D eigenvalue weighted by Gasteiger charge is -2.11. The van der Waals surface area contributed by atoms with Crippen molar-refractivity contribution in [1.29, 1.82) is 0 Å². The van der Waals surface area contributed by atoms with Gasteiger partial charge in [0.1, 0.15) is 0 Å². The Kier molecular flexibility index (Phi) is 8.38. The van der Waals surface area contributed by atoms with E-state index in [0.717, 1.165) is 12.1 Å². The number of hydrogen-bond donors (Lipinski definition) is 1. The number of nitrogens with one attached hydrogen (secondary N) is 1. The molecule has 0 atom stereocenters. The third-order valence-corrected chi connectivity index (χ3v) is 2.54. The lowest BCUT2D eigenvalue weighted by atomic mass is 10.2. The molecule has 1 N–H and O–H groups in total. The van der Waals surface area contributed by atoms with Crippen molar-refractivity contribution in [3.63, 3.8) is 0 Å². The van der Waals surface area contributed by atoms with Crippen LogP contribution in [0.4, 0.5) is 8.78 Å². The molecule has 0 saturated carbocycles. The molecule has 21 heavy (non-hydrogen) atoms. The van der Waals surface area contributed by atoms with E-state index in [2.05, 4.69) is 10.1 Å². The van der Waals surface area contributed by atoms with Crippen LogP contribution in [0.5, 0.6) is 11.5 Å². The molecule has 1 aromatic carbocycles. The smallest absolute Gasteiger partial charge is 0.387 e. The van der Waals surface area contributed by atoms with Gasteiger partial charge in [-0.15, -0.1) is 0 Å². The van der Waals surface area contributed by atoms with Crippen LogP contribution in [0.2, 0.25) is 0 Å². The van der Waals surface area contributed by atoms with Gasteiger partial charge < -0.3 is 19.5 Å². The van der Waals surface area contributed by atoms with Crippen molar-refractivity contribution in [2.75, 3.05) is 33.4 Å². The summed E-state index contributed by atoms with van der Waals surface area (Å²) in [7, 11) is 1.65. The molecule has 1 rings (SSSR count). The molecule has 0 aliphatic carbocycles. The van der Waals surface area contributed by atoms with Crippen molar-refractivity contribution in [1.82, 2.24) is 5.32 Å². The molecule has 0 saturated heterocycles. The van der Waals surface area contributed by atoms with E-state index in [0.29, 0.717) is 25.5 Å². The molecule has 0 aromatic heterocycles. The molecule has 118 valence electrons. The van der Waals surface area contributed by atoms with E-state index in [9.17, 15) is 8.78 Å². The zero-order valence-corrected chi connectivity index (χ0v) is 12.3. The van der Waals surface area contributed by atoms with Crippen LogP contribution in [0.3, 0.4) is 0 Å². The summed E-state index contributed by atoms with van der Waals surface area (Å²) in [4.78, 5) is 0. The topological polar surface area (TPSA) is 39.7 Å². The van der Waals surface area contributed by atoms with Gasteiger partial charge in [-0.3, -0.25) is 0 Å². The second-order valence-electron chi connectivity index (χ2n) is 4.12. The molecule has 0 fully saturated rings. The van der Waals surface area contributed by atoms with Crippen LogP contribution in [0, 0.1) is 0 Å². The minimum absolute atomic E-state index is 0.0437. The van der Waals surface area contributed by atoms with Crippen LogP contribution in [-0.2, 0) is 4.74 Å². The lowest BCUT2D eigenvalue weighted by Crippen LogP contribution is -2.18. The largest absolute Gasteiger partial charge is 0.490 e. The first-order valence-electron chi connectivity index (χ1n) is 6.75. The third kappa shape index (κ3) is 7.06. The highest BCUT2D eigenvalue weighted by Gasteiger charge is 2.10. The number of methoxy groups -OCH3 is 1. The maximum atomic E-state index is 12.3. The van der Waals surface area contributed by atoms with Crippen LogP contribution in [-0.4, -0.2) is 40.0 Å². The number of ether oxygens (including phenoxy) is 3.